The van der Waals surface area contributed by atoms with E-state index in [4.69, 9.17) is 0 Å². The molecule has 0 bridgehead atoms. The molecule has 2 nitrogen and oxygen atoms in total. The van der Waals surface area contributed by atoms with Gasteiger partial charge in [0.05, 0.1) is 6.54 Å². The Morgan fingerprint density at radius 3 is 2.19 bits per heavy atom. The number of halogens is 4. The summed E-state index contributed by atoms with van der Waals surface area (Å²) in [6.45, 7) is 4.26. The van der Waals surface area contributed by atoms with Crippen LogP contribution in [0.15, 0.2) is 16.6 Å². The van der Waals surface area contributed by atoms with E-state index in [-0.39, 0.29) is 6.04 Å². The van der Waals surface area contributed by atoms with Crippen LogP contribution in [0, 0.1) is 13.8 Å². The van der Waals surface area contributed by atoms with Crippen molar-refractivity contribution < 1.29 is 13.2 Å². The van der Waals surface area contributed by atoms with Crippen LogP contribution in [0.5, 0.6) is 0 Å². The molecular formula is C15H20BrF3N2. The number of nitrogens with zero attached hydrogens (tertiary/aromatic N) is 1. The molecule has 6 heteroatoms. The monoisotopic (exact) mass is 364 g/mol. The van der Waals surface area contributed by atoms with Crippen molar-refractivity contribution in [2.45, 2.75) is 38.9 Å². The fourth-order valence-corrected chi connectivity index (χ4v) is 2.98. The van der Waals surface area contributed by atoms with Crippen molar-refractivity contribution in [2.75, 3.05) is 25.0 Å². The van der Waals surface area contributed by atoms with E-state index in [2.05, 4.69) is 33.4 Å². The Bertz CT molecular complexity index is 471. The van der Waals surface area contributed by atoms with Gasteiger partial charge in [-0.15, -0.1) is 0 Å². The molecule has 118 valence electrons. The second kappa shape index (κ2) is 6.57. The van der Waals surface area contributed by atoms with Crippen LogP contribution in [0.4, 0.5) is 18.9 Å². The average Bonchev–Trinajstić information content (AvgIpc) is 2.36. The lowest BCUT2D eigenvalue weighted by atomic mass is 10.0. The van der Waals surface area contributed by atoms with Gasteiger partial charge < -0.3 is 5.32 Å². The van der Waals surface area contributed by atoms with Gasteiger partial charge in [0, 0.05) is 29.3 Å². The molecule has 1 fully saturated rings. The molecule has 0 radical (unpaired) electrons. The third kappa shape index (κ3) is 4.88. The third-order valence-electron chi connectivity index (χ3n) is 3.80. The predicted octanol–water partition coefficient (Wildman–Crippen LogP) is 4.50. The number of likely N-dealkylation sites (tertiary alicyclic amines) is 1. The Labute approximate surface area is 131 Å². The van der Waals surface area contributed by atoms with Crippen LogP contribution < -0.4 is 5.32 Å². The first-order valence-electron chi connectivity index (χ1n) is 7.07. The maximum atomic E-state index is 12.3. The SMILES string of the molecule is Cc1cc(NC2CCN(CC(F)(F)F)CC2)cc(C)c1Br. The van der Waals surface area contributed by atoms with E-state index < -0.39 is 12.7 Å². The smallest absolute Gasteiger partial charge is 0.382 e. The lowest BCUT2D eigenvalue weighted by molar-refractivity contribution is -0.147. The van der Waals surface area contributed by atoms with E-state index in [1.165, 1.54) is 4.90 Å². The van der Waals surface area contributed by atoms with Crippen molar-refractivity contribution in [3.63, 3.8) is 0 Å². The molecule has 1 aromatic carbocycles. The highest BCUT2D eigenvalue weighted by Crippen LogP contribution is 2.27. The van der Waals surface area contributed by atoms with Crippen molar-refractivity contribution in [1.82, 2.24) is 4.90 Å². The van der Waals surface area contributed by atoms with Gasteiger partial charge in [-0.25, -0.2) is 0 Å². The standard InChI is InChI=1S/C15H20BrF3N2/c1-10-7-13(8-11(2)14(10)16)20-12-3-5-21(6-4-12)9-15(17,18)19/h7-8,12,20H,3-6,9H2,1-2H3. The summed E-state index contributed by atoms with van der Waals surface area (Å²) in [5.41, 5.74) is 3.36. The Kier molecular flexibility index (Phi) is 5.20. The first kappa shape index (κ1) is 16.6. The van der Waals surface area contributed by atoms with Gasteiger partial charge >= 0.3 is 6.18 Å². The highest BCUT2D eigenvalue weighted by Gasteiger charge is 2.32. The molecule has 0 aliphatic carbocycles. The number of hydrogen-bond donors (Lipinski definition) is 1. The Hall–Kier alpha value is -0.750. The number of benzene rings is 1. The van der Waals surface area contributed by atoms with E-state index in [0.29, 0.717) is 13.1 Å². The number of anilines is 1. The second-order valence-corrected chi connectivity index (χ2v) is 6.53. The average molecular weight is 365 g/mol. The highest BCUT2D eigenvalue weighted by atomic mass is 79.9. The lowest BCUT2D eigenvalue weighted by Crippen LogP contribution is -2.43. The molecule has 2 rings (SSSR count). The van der Waals surface area contributed by atoms with Gasteiger partial charge in [-0.05, 0) is 49.9 Å². The molecule has 0 aromatic heterocycles. The fourth-order valence-electron chi connectivity index (χ4n) is 2.75. The number of rotatable bonds is 3. The number of piperidine rings is 1. The molecule has 0 spiro atoms. The lowest BCUT2D eigenvalue weighted by Gasteiger charge is -2.33. The molecular weight excluding hydrogens is 345 g/mol. The Morgan fingerprint density at radius 1 is 1.19 bits per heavy atom. The summed E-state index contributed by atoms with van der Waals surface area (Å²) in [4.78, 5) is 1.48. The summed E-state index contributed by atoms with van der Waals surface area (Å²) in [5, 5.41) is 3.44. The summed E-state index contributed by atoms with van der Waals surface area (Å²) in [5.74, 6) is 0. The molecule has 0 saturated carbocycles. The number of nitrogens with one attached hydrogen (secondary N) is 1. The van der Waals surface area contributed by atoms with E-state index >= 15 is 0 Å². The summed E-state index contributed by atoms with van der Waals surface area (Å²) in [6.07, 6.45) is -2.62. The zero-order valence-corrected chi connectivity index (χ0v) is 13.8. The predicted molar refractivity (Wildman–Crippen MR) is 82.8 cm³/mol. The van der Waals surface area contributed by atoms with Gasteiger partial charge in [0.1, 0.15) is 0 Å². The largest absolute Gasteiger partial charge is 0.401 e. The zero-order chi connectivity index (χ0) is 15.6. The number of alkyl halides is 3. The zero-order valence-electron chi connectivity index (χ0n) is 12.2. The van der Waals surface area contributed by atoms with Crippen LogP contribution in [0.3, 0.4) is 0 Å². The molecule has 1 aliphatic heterocycles. The summed E-state index contributed by atoms with van der Waals surface area (Å²) < 4.78 is 38.2. The topological polar surface area (TPSA) is 15.3 Å². The van der Waals surface area contributed by atoms with Crippen LogP contribution in [-0.4, -0.2) is 36.8 Å². The van der Waals surface area contributed by atoms with Gasteiger partial charge in [0.25, 0.3) is 0 Å². The molecule has 0 atom stereocenters. The van der Waals surface area contributed by atoms with Gasteiger partial charge in [0.15, 0.2) is 0 Å². The summed E-state index contributed by atoms with van der Waals surface area (Å²) in [7, 11) is 0. The van der Waals surface area contributed by atoms with Gasteiger partial charge in [-0.1, -0.05) is 15.9 Å². The van der Waals surface area contributed by atoms with Crippen molar-refractivity contribution in [2.24, 2.45) is 0 Å². The van der Waals surface area contributed by atoms with E-state index in [0.717, 1.165) is 34.1 Å². The number of aryl methyl sites for hydroxylation is 2. The van der Waals surface area contributed by atoms with Crippen molar-refractivity contribution in [1.29, 1.82) is 0 Å². The van der Waals surface area contributed by atoms with Crippen LogP contribution >= 0.6 is 15.9 Å². The first-order valence-corrected chi connectivity index (χ1v) is 7.86. The molecule has 0 amide bonds. The highest BCUT2D eigenvalue weighted by molar-refractivity contribution is 9.10. The second-order valence-electron chi connectivity index (χ2n) is 5.73. The molecule has 1 heterocycles. The quantitative estimate of drug-likeness (QED) is 0.848. The minimum Gasteiger partial charge on any atom is -0.382 e. The Balaban J connectivity index is 1.89. The van der Waals surface area contributed by atoms with Gasteiger partial charge in [-0.2, -0.15) is 13.2 Å². The molecule has 1 aliphatic rings. The molecule has 21 heavy (non-hydrogen) atoms. The minimum absolute atomic E-state index is 0.245. The van der Waals surface area contributed by atoms with Crippen molar-refractivity contribution in [3.05, 3.63) is 27.7 Å². The van der Waals surface area contributed by atoms with Crippen LogP contribution in [0.1, 0.15) is 24.0 Å². The van der Waals surface area contributed by atoms with E-state index in [9.17, 15) is 13.2 Å². The maximum Gasteiger partial charge on any atom is 0.401 e. The van der Waals surface area contributed by atoms with Crippen molar-refractivity contribution in [3.8, 4) is 0 Å². The molecule has 1 aromatic rings. The van der Waals surface area contributed by atoms with E-state index in [1.807, 2.05) is 13.8 Å². The van der Waals surface area contributed by atoms with Crippen LogP contribution in [0.2, 0.25) is 0 Å². The molecule has 0 unspecified atom stereocenters. The first-order chi connectivity index (χ1) is 9.74. The molecule has 1 N–H and O–H groups in total. The van der Waals surface area contributed by atoms with Gasteiger partial charge in [-0.3, -0.25) is 4.90 Å². The molecule has 1 saturated heterocycles. The number of hydrogen-bond acceptors (Lipinski definition) is 2. The van der Waals surface area contributed by atoms with Crippen LogP contribution in [-0.2, 0) is 0 Å². The normalized spacial score (nSPS) is 18.0. The third-order valence-corrected chi connectivity index (χ3v) is 5.05. The van der Waals surface area contributed by atoms with E-state index in [1.54, 1.807) is 0 Å². The maximum absolute atomic E-state index is 12.3. The van der Waals surface area contributed by atoms with Crippen LogP contribution in [0.25, 0.3) is 0 Å². The Morgan fingerprint density at radius 2 is 1.71 bits per heavy atom. The fraction of sp³-hybridized carbons (Fsp3) is 0.600. The minimum atomic E-state index is -4.10. The van der Waals surface area contributed by atoms with Gasteiger partial charge in [0.2, 0.25) is 0 Å². The summed E-state index contributed by atoms with van der Waals surface area (Å²) in [6, 6.07) is 4.38. The summed E-state index contributed by atoms with van der Waals surface area (Å²) >= 11 is 3.53. The van der Waals surface area contributed by atoms with Crippen molar-refractivity contribution >= 4 is 21.6 Å².